The van der Waals surface area contributed by atoms with Crippen molar-refractivity contribution >= 4 is 28.4 Å². The highest BCUT2D eigenvalue weighted by molar-refractivity contribution is 6.05. The van der Waals surface area contributed by atoms with Gasteiger partial charge in [0.2, 0.25) is 5.43 Å². The fraction of sp³-hybridized carbons (Fsp3) is 0.111. The van der Waals surface area contributed by atoms with Gasteiger partial charge in [-0.05, 0) is 36.4 Å². The zero-order chi connectivity index (χ0) is 18.8. The molecule has 2 N–H and O–H groups in total. The minimum absolute atomic E-state index is 0.0618. The predicted octanol–water partition coefficient (Wildman–Crippen LogP) is 1.68. The van der Waals surface area contributed by atoms with Crippen LogP contribution in [0.25, 0.3) is 10.9 Å². The molecule has 0 bridgehead atoms. The standard InChI is InChI=1S/C18H15FN4O3/c1-20-17(25)10-4-3-5-12(8-10)21-18(26)15-16(24)13-9-11(19)6-7-14(13)23(2)22-15/h3-9H,1-2H3,(H,20,25)(H,21,26). The monoisotopic (exact) mass is 354 g/mol. The van der Waals surface area contributed by atoms with Gasteiger partial charge in [-0.25, -0.2) is 4.39 Å². The fourth-order valence-electron chi connectivity index (χ4n) is 2.57. The van der Waals surface area contributed by atoms with Crippen LogP contribution in [-0.2, 0) is 7.05 Å². The molecule has 0 saturated heterocycles. The Labute approximate surface area is 147 Å². The van der Waals surface area contributed by atoms with Gasteiger partial charge in [0.05, 0.1) is 10.9 Å². The van der Waals surface area contributed by atoms with E-state index in [1.807, 2.05) is 0 Å². The molecule has 8 heteroatoms. The molecule has 0 fully saturated rings. The van der Waals surface area contributed by atoms with E-state index < -0.39 is 17.2 Å². The van der Waals surface area contributed by atoms with Gasteiger partial charge in [-0.3, -0.25) is 19.1 Å². The molecule has 1 aromatic heterocycles. The molecule has 0 saturated carbocycles. The van der Waals surface area contributed by atoms with Crippen molar-refractivity contribution in [1.29, 1.82) is 0 Å². The number of halogens is 1. The first-order valence-electron chi connectivity index (χ1n) is 7.71. The summed E-state index contributed by atoms with van der Waals surface area (Å²) in [5.74, 6) is -1.63. The van der Waals surface area contributed by atoms with Crippen molar-refractivity contribution in [2.75, 3.05) is 12.4 Å². The third kappa shape index (κ3) is 3.16. The van der Waals surface area contributed by atoms with Crippen LogP contribution in [0.1, 0.15) is 20.8 Å². The van der Waals surface area contributed by atoms with Gasteiger partial charge in [-0.2, -0.15) is 5.10 Å². The molecule has 7 nitrogen and oxygen atoms in total. The summed E-state index contributed by atoms with van der Waals surface area (Å²) in [7, 11) is 3.05. The number of carbonyl (C=O) groups is 2. The Kier molecular flexibility index (Phi) is 4.49. The number of hydrogen-bond acceptors (Lipinski definition) is 4. The maximum Gasteiger partial charge on any atom is 0.280 e. The lowest BCUT2D eigenvalue weighted by Gasteiger charge is -2.09. The number of fused-ring (bicyclic) bond motifs is 1. The predicted molar refractivity (Wildman–Crippen MR) is 94.7 cm³/mol. The second-order valence-electron chi connectivity index (χ2n) is 5.58. The molecule has 0 aliphatic rings. The number of carbonyl (C=O) groups excluding carboxylic acids is 2. The van der Waals surface area contributed by atoms with E-state index in [1.165, 1.54) is 29.9 Å². The lowest BCUT2D eigenvalue weighted by molar-refractivity contribution is 0.0961. The van der Waals surface area contributed by atoms with Crippen molar-refractivity contribution < 1.29 is 14.0 Å². The van der Waals surface area contributed by atoms with Gasteiger partial charge in [-0.1, -0.05) is 6.07 Å². The minimum Gasteiger partial charge on any atom is -0.355 e. The van der Waals surface area contributed by atoms with E-state index in [0.29, 0.717) is 16.8 Å². The van der Waals surface area contributed by atoms with Crippen LogP contribution in [0.5, 0.6) is 0 Å². The van der Waals surface area contributed by atoms with E-state index in [2.05, 4.69) is 15.7 Å². The molecule has 132 valence electrons. The second kappa shape index (κ2) is 6.75. The van der Waals surface area contributed by atoms with Crippen LogP contribution in [0, 0.1) is 5.82 Å². The number of nitrogens with zero attached hydrogens (tertiary/aromatic N) is 2. The van der Waals surface area contributed by atoms with Crippen LogP contribution < -0.4 is 16.1 Å². The maximum atomic E-state index is 13.5. The van der Waals surface area contributed by atoms with Crippen LogP contribution >= 0.6 is 0 Å². The number of rotatable bonds is 3. The van der Waals surface area contributed by atoms with Crippen LogP contribution in [0.4, 0.5) is 10.1 Å². The number of aryl methyl sites for hydroxylation is 1. The van der Waals surface area contributed by atoms with Crippen LogP contribution in [0.15, 0.2) is 47.3 Å². The summed E-state index contributed by atoms with van der Waals surface area (Å²) in [5, 5.41) is 9.07. The number of amides is 2. The van der Waals surface area contributed by atoms with Crippen LogP contribution in [0.3, 0.4) is 0 Å². The Bertz CT molecular complexity index is 1090. The summed E-state index contributed by atoms with van der Waals surface area (Å²) < 4.78 is 14.8. The number of anilines is 1. The Morgan fingerprint density at radius 3 is 2.62 bits per heavy atom. The van der Waals surface area contributed by atoms with Crippen molar-refractivity contribution in [3.8, 4) is 0 Å². The molecule has 0 spiro atoms. The average Bonchev–Trinajstić information content (AvgIpc) is 2.64. The molecule has 0 aliphatic heterocycles. The van der Waals surface area contributed by atoms with Crippen molar-refractivity contribution in [3.05, 3.63) is 69.8 Å². The molecule has 2 amide bonds. The highest BCUT2D eigenvalue weighted by atomic mass is 19.1. The van der Waals surface area contributed by atoms with E-state index >= 15 is 0 Å². The molecule has 2 aromatic carbocycles. The second-order valence-corrected chi connectivity index (χ2v) is 5.58. The topological polar surface area (TPSA) is 93.1 Å². The van der Waals surface area contributed by atoms with E-state index in [1.54, 1.807) is 25.2 Å². The van der Waals surface area contributed by atoms with Gasteiger partial charge in [0.15, 0.2) is 5.69 Å². The SMILES string of the molecule is CNC(=O)c1cccc(NC(=O)c2nn(C)c3ccc(F)cc3c2=O)c1. The number of benzene rings is 2. The Hall–Kier alpha value is -3.55. The zero-order valence-corrected chi connectivity index (χ0v) is 14.0. The molecule has 0 radical (unpaired) electrons. The molecular weight excluding hydrogens is 339 g/mol. The fourth-order valence-corrected chi connectivity index (χ4v) is 2.57. The van der Waals surface area contributed by atoms with Crippen molar-refractivity contribution in [3.63, 3.8) is 0 Å². The van der Waals surface area contributed by atoms with Crippen molar-refractivity contribution in [2.24, 2.45) is 7.05 Å². The largest absolute Gasteiger partial charge is 0.355 e. The lowest BCUT2D eigenvalue weighted by atomic mass is 10.1. The van der Waals surface area contributed by atoms with E-state index in [0.717, 1.165) is 6.07 Å². The van der Waals surface area contributed by atoms with Crippen LogP contribution in [0.2, 0.25) is 0 Å². The zero-order valence-electron chi connectivity index (χ0n) is 14.0. The summed E-state index contributed by atoms with van der Waals surface area (Å²) >= 11 is 0. The first kappa shape index (κ1) is 17.3. The van der Waals surface area contributed by atoms with E-state index in [9.17, 15) is 18.8 Å². The van der Waals surface area contributed by atoms with E-state index in [4.69, 9.17) is 0 Å². The lowest BCUT2D eigenvalue weighted by Crippen LogP contribution is -2.26. The number of nitrogens with one attached hydrogen (secondary N) is 2. The first-order chi connectivity index (χ1) is 12.4. The minimum atomic E-state index is -0.745. The van der Waals surface area contributed by atoms with Gasteiger partial charge < -0.3 is 10.6 Å². The van der Waals surface area contributed by atoms with Crippen molar-refractivity contribution in [1.82, 2.24) is 15.1 Å². The summed E-state index contributed by atoms with van der Waals surface area (Å²) in [6.45, 7) is 0. The average molecular weight is 354 g/mol. The smallest absolute Gasteiger partial charge is 0.280 e. The number of aromatic nitrogens is 2. The van der Waals surface area contributed by atoms with Gasteiger partial charge in [0.25, 0.3) is 11.8 Å². The summed E-state index contributed by atoms with van der Waals surface area (Å²) in [6, 6.07) is 9.95. The van der Waals surface area contributed by atoms with Gasteiger partial charge in [0.1, 0.15) is 5.82 Å². The highest BCUT2D eigenvalue weighted by Crippen LogP contribution is 2.14. The summed E-state index contributed by atoms with van der Waals surface area (Å²) in [4.78, 5) is 36.7. The third-order valence-electron chi connectivity index (χ3n) is 3.84. The van der Waals surface area contributed by atoms with E-state index in [-0.39, 0.29) is 17.0 Å². The Morgan fingerprint density at radius 1 is 1.12 bits per heavy atom. The normalized spacial score (nSPS) is 10.6. The third-order valence-corrected chi connectivity index (χ3v) is 3.84. The van der Waals surface area contributed by atoms with Crippen molar-refractivity contribution in [2.45, 2.75) is 0 Å². The molecule has 1 heterocycles. The van der Waals surface area contributed by atoms with Gasteiger partial charge in [-0.15, -0.1) is 0 Å². The Balaban J connectivity index is 2.00. The van der Waals surface area contributed by atoms with Gasteiger partial charge in [0, 0.05) is 25.3 Å². The first-order valence-corrected chi connectivity index (χ1v) is 7.71. The molecule has 0 unspecified atom stereocenters. The summed E-state index contributed by atoms with van der Waals surface area (Å²) in [5.41, 5.74) is 0.0640. The van der Waals surface area contributed by atoms with Gasteiger partial charge >= 0.3 is 0 Å². The molecule has 3 aromatic rings. The molecule has 26 heavy (non-hydrogen) atoms. The van der Waals surface area contributed by atoms with Crippen LogP contribution in [-0.4, -0.2) is 28.6 Å². The molecular formula is C18H15FN4O3. The summed E-state index contributed by atoms with van der Waals surface area (Å²) in [6.07, 6.45) is 0. The molecule has 0 aliphatic carbocycles. The number of hydrogen-bond donors (Lipinski definition) is 2. The Morgan fingerprint density at radius 2 is 1.88 bits per heavy atom. The molecule has 0 atom stereocenters. The molecule has 3 rings (SSSR count). The highest BCUT2D eigenvalue weighted by Gasteiger charge is 2.17. The quantitative estimate of drug-likeness (QED) is 0.748. The maximum absolute atomic E-state index is 13.5.